The Kier molecular flexibility index (Phi) is 4.34. The number of aromatic nitrogens is 5. The maximum absolute atomic E-state index is 12.9. The van der Waals surface area contributed by atoms with E-state index in [1.807, 2.05) is 11.0 Å². The number of likely N-dealkylation sites (tertiary alicyclic amines) is 2. The second-order valence-corrected chi connectivity index (χ2v) is 9.18. The molecule has 0 bridgehead atoms. The van der Waals surface area contributed by atoms with Crippen LogP contribution in [-0.4, -0.2) is 67.0 Å². The zero-order valence-corrected chi connectivity index (χ0v) is 17.3. The fourth-order valence-corrected chi connectivity index (χ4v) is 5.14. The highest BCUT2D eigenvalue weighted by molar-refractivity contribution is 5.92. The van der Waals surface area contributed by atoms with Crippen molar-refractivity contribution in [2.75, 3.05) is 26.2 Å². The van der Waals surface area contributed by atoms with Crippen molar-refractivity contribution in [1.29, 1.82) is 0 Å². The van der Waals surface area contributed by atoms with Crippen LogP contribution >= 0.6 is 0 Å². The Morgan fingerprint density at radius 1 is 1.13 bits per heavy atom. The van der Waals surface area contributed by atoms with Gasteiger partial charge in [0.05, 0.1) is 0 Å². The predicted octanol–water partition coefficient (Wildman–Crippen LogP) is 2.21. The fourth-order valence-electron chi connectivity index (χ4n) is 5.14. The summed E-state index contributed by atoms with van der Waals surface area (Å²) in [6.45, 7) is 4.20. The summed E-state index contributed by atoms with van der Waals surface area (Å²) in [5.74, 6) is 2.68. The first-order valence-electron chi connectivity index (χ1n) is 10.9. The smallest absolute Gasteiger partial charge is 0.272 e. The Bertz CT molecular complexity index is 1070. The van der Waals surface area contributed by atoms with E-state index in [1.165, 1.54) is 24.7 Å². The van der Waals surface area contributed by atoms with Crippen LogP contribution in [0.4, 0.5) is 0 Å². The number of benzene rings is 1. The third-order valence-corrected chi connectivity index (χ3v) is 6.86. The van der Waals surface area contributed by atoms with Gasteiger partial charge in [0.15, 0.2) is 5.82 Å². The third kappa shape index (κ3) is 3.40. The van der Waals surface area contributed by atoms with E-state index in [1.54, 1.807) is 12.3 Å². The van der Waals surface area contributed by atoms with Crippen molar-refractivity contribution in [2.45, 2.75) is 31.2 Å². The molecule has 31 heavy (non-hydrogen) atoms. The Morgan fingerprint density at radius 2 is 1.97 bits per heavy atom. The summed E-state index contributed by atoms with van der Waals surface area (Å²) in [5.41, 5.74) is 1.76. The van der Waals surface area contributed by atoms with Crippen LogP contribution in [0.5, 0.6) is 0 Å². The van der Waals surface area contributed by atoms with Gasteiger partial charge in [-0.2, -0.15) is 5.10 Å². The van der Waals surface area contributed by atoms with Crippen LogP contribution < -0.4 is 0 Å². The molecule has 2 aromatic heterocycles. The SMILES string of the molecule is O=C(c1ccncn1)N1CC2(CN(Cc3ccccc3)CC2c2nc(C3CC3)n[nH]2)C1. The molecule has 158 valence electrons. The van der Waals surface area contributed by atoms with E-state index in [2.05, 4.69) is 49.3 Å². The van der Waals surface area contributed by atoms with Crippen molar-refractivity contribution < 1.29 is 4.79 Å². The van der Waals surface area contributed by atoms with Crippen molar-refractivity contribution >= 4 is 5.91 Å². The lowest BCUT2D eigenvalue weighted by molar-refractivity contribution is 0.00135. The monoisotopic (exact) mass is 415 g/mol. The highest BCUT2D eigenvalue weighted by atomic mass is 16.2. The van der Waals surface area contributed by atoms with Gasteiger partial charge in [0, 0.05) is 56.2 Å². The number of rotatable bonds is 5. The van der Waals surface area contributed by atoms with E-state index in [0.717, 1.165) is 31.3 Å². The first kappa shape index (κ1) is 18.6. The minimum absolute atomic E-state index is 0.00216. The zero-order chi connectivity index (χ0) is 20.8. The van der Waals surface area contributed by atoms with Crippen LogP contribution in [0.2, 0.25) is 0 Å². The lowest BCUT2D eigenvalue weighted by Crippen LogP contribution is -2.61. The van der Waals surface area contributed by atoms with Gasteiger partial charge in [-0.15, -0.1) is 0 Å². The maximum atomic E-state index is 12.9. The van der Waals surface area contributed by atoms with Crippen LogP contribution in [0.25, 0.3) is 0 Å². The molecule has 1 spiro atoms. The van der Waals surface area contributed by atoms with Gasteiger partial charge < -0.3 is 4.90 Å². The highest BCUT2D eigenvalue weighted by Gasteiger charge is 2.57. The summed E-state index contributed by atoms with van der Waals surface area (Å²) in [7, 11) is 0. The number of H-pyrrole nitrogens is 1. The molecule has 2 saturated heterocycles. The van der Waals surface area contributed by atoms with Gasteiger partial charge in [-0.1, -0.05) is 30.3 Å². The van der Waals surface area contributed by atoms with Crippen LogP contribution in [0.1, 0.15) is 52.4 Å². The van der Waals surface area contributed by atoms with E-state index in [4.69, 9.17) is 4.98 Å². The molecule has 3 aliphatic rings. The largest absolute Gasteiger partial charge is 0.336 e. The number of hydrogen-bond acceptors (Lipinski definition) is 6. The number of carbonyl (C=O) groups excluding carboxylic acids is 1. The van der Waals surface area contributed by atoms with Gasteiger partial charge in [0.1, 0.15) is 17.8 Å². The van der Waals surface area contributed by atoms with E-state index in [0.29, 0.717) is 24.7 Å². The van der Waals surface area contributed by atoms with Crippen LogP contribution in [0.15, 0.2) is 48.9 Å². The van der Waals surface area contributed by atoms with Crippen LogP contribution in [0.3, 0.4) is 0 Å². The van der Waals surface area contributed by atoms with Crippen molar-refractivity contribution in [1.82, 2.24) is 34.9 Å². The minimum atomic E-state index is -0.0236. The topological polar surface area (TPSA) is 90.9 Å². The summed E-state index contributed by atoms with van der Waals surface area (Å²) in [6.07, 6.45) is 5.42. The average molecular weight is 416 g/mol. The molecule has 1 atom stereocenters. The molecule has 8 nitrogen and oxygen atoms in total. The average Bonchev–Trinajstić information content (AvgIpc) is 3.39. The Balaban J connectivity index is 1.23. The number of carbonyl (C=O) groups is 1. The molecular formula is C23H25N7O. The number of aromatic amines is 1. The summed E-state index contributed by atoms with van der Waals surface area (Å²) in [6, 6.07) is 12.2. The number of hydrogen-bond donors (Lipinski definition) is 1. The van der Waals surface area contributed by atoms with E-state index in [9.17, 15) is 4.79 Å². The van der Waals surface area contributed by atoms with Crippen molar-refractivity contribution in [2.24, 2.45) is 5.41 Å². The summed E-state index contributed by atoms with van der Waals surface area (Å²) < 4.78 is 0. The molecule has 1 saturated carbocycles. The molecule has 1 aliphatic carbocycles. The van der Waals surface area contributed by atoms with Crippen molar-refractivity contribution in [3.8, 4) is 0 Å². The quantitative estimate of drug-likeness (QED) is 0.687. The Morgan fingerprint density at radius 3 is 2.71 bits per heavy atom. The lowest BCUT2D eigenvalue weighted by atomic mass is 9.71. The van der Waals surface area contributed by atoms with Gasteiger partial charge in [0.25, 0.3) is 5.91 Å². The second-order valence-electron chi connectivity index (χ2n) is 9.18. The molecule has 1 amide bonds. The summed E-state index contributed by atoms with van der Waals surface area (Å²) in [4.78, 5) is 30.2. The number of nitrogens with one attached hydrogen (secondary N) is 1. The standard InChI is InChI=1S/C23H25N7O/c31-22(19-8-9-24-15-25-19)30-13-23(14-30)12-29(10-16-4-2-1-3-5-16)11-18(23)21-26-20(27-28-21)17-6-7-17/h1-5,8-9,15,17-18H,6-7,10-14H2,(H,26,27,28). The van der Waals surface area contributed by atoms with E-state index >= 15 is 0 Å². The Hall–Kier alpha value is -3.13. The van der Waals surface area contributed by atoms with Gasteiger partial charge in [0.2, 0.25) is 0 Å². The molecular weight excluding hydrogens is 390 g/mol. The van der Waals surface area contributed by atoms with Gasteiger partial charge in [-0.05, 0) is 24.5 Å². The molecule has 4 heterocycles. The molecule has 0 radical (unpaired) electrons. The normalized spacial score (nSPS) is 22.6. The predicted molar refractivity (Wildman–Crippen MR) is 113 cm³/mol. The first-order valence-corrected chi connectivity index (χ1v) is 10.9. The maximum Gasteiger partial charge on any atom is 0.272 e. The van der Waals surface area contributed by atoms with Crippen molar-refractivity contribution in [3.05, 3.63) is 71.8 Å². The molecule has 3 aromatic rings. The zero-order valence-electron chi connectivity index (χ0n) is 17.3. The number of nitrogens with zero attached hydrogens (tertiary/aromatic N) is 6. The first-order chi connectivity index (χ1) is 15.2. The van der Waals surface area contributed by atoms with Crippen LogP contribution in [0, 0.1) is 5.41 Å². The second kappa shape index (κ2) is 7.23. The minimum Gasteiger partial charge on any atom is -0.336 e. The van der Waals surface area contributed by atoms with Gasteiger partial charge >= 0.3 is 0 Å². The molecule has 3 fully saturated rings. The van der Waals surface area contributed by atoms with E-state index in [-0.39, 0.29) is 17.2 Å². The summed E-state index contributed by atoms with van der Waals surface area (Å²) >= 11 is 0. The van der Waals surface area contributed by atoms with Gasteiger partial charge in [-0.25, -0.2) is 15.0 Å². The fraction of sp³-hybridized carbons (Fsp3) is 0.435. The summed E-state index contributed by atoms with van der Waals surface area (Å²) in [5, 5.41) is 7.75. The van der Waals surface area contributed by atoms with Crippen LogP contribution in [-0.2, 0) is 6.54 Å². The third-order valence-electron chi connectivity index (χ3n) is 6.86. The van der Waals surface area contributed by atoms with Gasteiger partial charge in [-0.3, -0.25) is 14.8 Å². The molecule has 1 unspecified atom stereocenters. The molecule has 1 N–H and O–H groups in total. The number of amides is 1. The van der Waals surface area contributed by atoms with E-state index < -0.39 is 0 Å². The highest BCUT2D eigenvalue weighted by Crippen LogP contribution is 2.49. The molecule has 8 heteroatoms. The molecule has 2 aliphatic heterocycles. The van der Waals surface area contributed by atoms with Crippen molar-refractivity contribution in [3.63, 3.8) is 0 Å². The lowest BCUT2D eigenvalue weighted by Gasteiger charge is -2.50. The molecule has 1 aromatic carbocycles. The molecule has 6 rings (SSSR count). The Labute approximate surface area is 180 Å².